The van der Waals surface area contributed by atoms with Gasteiger partial charge in [0.2, 0.25) is 0 Å². The summed E-state index contributed by atoms with van der Waals surface area (Å²) < 4.78 is 38.5. The molecular formula is C13H16F3N. The topological polar surface area (TPSA) is 3.24 Å². The summed E-state index contributed by atoms with van der Waals surface area (Å²) in [5, 5.41) is 0. The summed E-state index contributed by atoms with van der Waals surface area (Å²) in [6.45, 7) is 5.16. The molecule has 0 radical (unpaired) electrons. The standard InChI is InChI=1S/C13H16F3N/c1-3-9(2)17-7-10-5-4-6-12(11(10)8-17)13(14,15)16/h4-6,9H,3,7-8H2,1-2H3. The maximum Gasteiger partial charge on any atom is 0.416 e. The van der Waals surface area contributed by atoms with Gasteiger partial charge in [0.1, 0.15) is 0 Å². The Labute approximate surface area is 99.2 Å². The van der Waals surface area contributed by atoms with Crippen LogP contribution in [0.25, 0.3) is 0 Å². The van der Waals surface area contributed by atoms with Crippen LogP contribution in [0.15, 0.2) is 18.2 Å². The smallest absolute Gasteiger partial charge is 0.292 e. The van der Waals surface area contributed by atoms with E-state index in [9.17, 15) is 13.2 Å². The number of nitrogens with zero attached hydrogens (tertiary/aromatic N) is 1. The largest absolute Gasteiger partial charge is 0.416 e. The van der Waals surface area contributed by atoms with E-state index >= 15 is 0 Å². The molecule has 0 aliphatic carbocycles. The number of hydrogen-bond donors (Lipinski definition) is 0. The third-order valence-corrected chi connectivity index (χ3v) is 3.53. The van der Waals surface area contributed by atoms with Gasteiger partial charge in [0.15, 0.2) is 0 Å². The van der Waals surface area contributed by atoms with Crippen LogP contribution in [0.2, 0.25) is 0 Å². The molecule has 1 aliphatic rings. The molecule has 1 aromatic carbocycles. The zero-order valence-electron chi connectivity index (χ0n) is 10.0. The molecule has 1 aromatic rings. The molecule has 1 nitrogen and oxygen atoms in total. The highest BCUT2D eigenvalue weighted by Crippen LogP contribution is 2.37. The van der Waals surface area contributed by atoms with Crippen LogP contribution in [0.4, 0.5) is 13.2 Å². The van der Waals surface area contributed by atoms with Crippen molar-refractivity contribution in [1.29, 1.82) is 0 Å². The predicted molar refractivity (Wildman–Crippen MR) is 60.4 cm³/mol. The van der Waals surface area contributed by atoms with Gasteiger partial charge in [-0.1, -0.05) is 19.1 Å². The highest BCUT2D eigenvalue weighted by Gasteiger charge is 2.36. The molecule has 1 atom stereocenters. The first kappa shape index (κ1) is 12.4. The van der Waals surface area contributed by atoms with Crippen LogP contribution in [-0.2, 0) is 19.3 Å². The molecule has 0 amide bonds. The Morgan fingerprint density at radius 3 is 2.59 bits per heavy atom. The Kier molecular flexibility index (Phi) is 3.17. The second-order valence-corrected chi connectivity index (χ2v) is 4.60. The number of alkyl halides is 3. The maximum atomic E-state index is 12.8. The first-order valence-electron chi connectivity index (χ1n) is 5.85. The first-order valence-corrected chi connectivity index (χ1v) is 5.85. The third kappa shape index (κ3) is 2.32. The number of benzene rings is 1. The highest BCUT2D eigenvalue weighted by molar-refractivity contribution is 5.39. The SMILES string of the molecule is CCC(C)N1Cc2cccc(C(F)(F)F)c2C1. The van der Waals surface area contributed by atoms with Gasteiger partial charge in [0.25, 0.3) is 0 Å². The Bertz CT molecular complexity index is 412. The molecule has 0 aromatic heterocycles. The number of hydrogen-bond acceptors (Lipinski definition) is 1. The van der Waals surface area contributed by atoms with Crippen LogP contribution in [0, 0.1) is 0 Å². The fourth-order valence-corrected chi connectivity index (χ4v) is 2.28. The van der Waals surface area contributed by atoms with E-state index in [1.165, 1.54) is 12.1 Å². The number of fused-ring (bicyclic) bond motifs is 1. The molecule has 94 valence electrons. The summed E-state index contributed by atoms with van der Waals surface area (Å²) in [7, 11) is 0. The zero-order valence-corrected chi connectivity index (χ0v) is 10.0. The highest BCUT2D eigenvalue weighted by atomic mass is 19.4. The lowest BCUT2D eigenvalue weighted by Gasteiger charge is -2.22. The van der Waals surface area contributed by atoms with E-state index in [2.05, 4.69) is 18.7 Å². The van der Waals surface area contributed by atoms with Gasteiger partial charge in [-0.2, -0.15) is 13.2 Å². The molecule has 0 saturated heterocycles. The van der Waals surface area contributed by atoms with Crippen molar-refractivity contribution in [2.24, 2.45) is 0 Å². The van der Waals surface area contributed by atoms with Gasteiger partial charge in [0.05, 0.1) is 5.56 Å². The normalized spacial score (nSPS) is 18.2. The molecule has 0 bridgehead atoms. The van der Waals surface area contributed by atoms with E-state index in [-0.39, 0.29) is 0 Å². The lowest BCUT2D eigenvalue weighted by Crippen LogP contribution is -2.27. The van der Waals surface area contributed by atoms with Gasteiger partial charge in [-0.3, -0.25) is 4.90 Å². The molecule has 4 heteroatoms. The predicted octanol–water partition coefficient (Wildman–Crippen LogP) is 3.82. The van der Waals surface area contributed by atoms with Crippen molar-refractivity contribution in [3.05, 3.63) is 34.9 Å². The summed E-state index contributed by atoms with van der Waals surface area (Å²) in [6, 6.07) is 4.80. The number of rotatable bonds is 2. The first-order chi connectivity index (χ1) is 7.93. The molecule has 17 heavy (non-hydrogen) atoms. The Hall–Kier alpha value is -1.03. The summed E-state index contributed by atoms with van der Waals surface area (Å²) in [6.07, 6.45) is -3.29. The minimum absolute atomic E-state index is 0.323. The van der Waals surface area contributed by atoms with Crippen LogP contribution in [0.1, 0.15) is 37.0 Å². The molecule has 2 rings (SSSR count). The zero-order chi connectivity index (χ0) is 12.6. The molecule has 0 saturated carbocycles. The van der Waals surface area contributed by atoms with Crippen molar-refractivity contribution in [3.8, 4) is 0 Å². The Morgan fingerprint density at radius 1 is 1.29 bits per heavy atom. The van der Waals surface area contributed by atoms with Crippen molar-refractivity contribution in [2.45, 2.75) is 45.6 Å². The van der Waals surface area contributed by atoms with Crippen LogP contribution in [-0.4, -0.2) is 10.9 Å². The van der Waals surface area contributed by atoms with Crippen LogP contribution >= 0.6 is 0 Å². The summed E-state index contributed by atoms with van der Waals surface area (Å²) in [5.74, 6) is 0. The van der Waals surface area contributed by atoms with E-state index in [0.717, 1.165) is 12.0 Å². The Morgan fingerprint density at radius 2 is 2.00 bits per heavy atom. The summed E-state index contributed by atoms with van der Waals surface area (Å²) >= 11 is 0. The summed E-state index contributed by atoms with van der Waals surface area (Å²) in [4.78, 5) is 2.10. The quantitative estimate of drug-likeness (QED) is 0.763. The van der Waals surface area contributed by atoms with Crippen LogP contribution < -0.4 is 0 Å². The van der Waals surface area contributed by atoms with Gasteiger partial charge in [-0.05, 0) is 30.5 Å². The fraction of sp³-hybridized carbons (Fsp3) is 0.538. The van der Waals surface area contributed by atoms with Crippen LogP contribution in [0.3, 0.4) is 0 Å². The molecule has 0 spiro atoms. The van der Waals surface area contributed by atoms with Crippen molar-refractivity contribution in [3.63, 3.8) is 0 Å². The second kappa shape index (κ2) is 4.33. The minimum Gasteiger partial charge on any atom is -0.292 e. The number of halogens is 3. The maximum absolute atomic E-state index is 12.8. The van der Waals surface area contributed by atoms with E-state index in [4.69, 9.17) is 0 Å². The van der Waals surface area contributed by atoms with Crippen molar-refractivity contribution in [1.82, 2.24) is 4.90 Å². The van der Waals surface area contributed by atoms with Gasteiger partial charge in [-0.25, -0.2) is 0 Å². The average Bonchev–Trinajstić information content (AvgIpc) is 2.69. The molecule has 0 fully saturated rings. The van der Waals surface area contributed by atoms with Gasteiger partial charge in [0, 0.05) is 19.1 Å². The van der Waals surface area contributed by atoms with Gasteiger partial charge >= 0.3 is 6.18 Å². The van der Waals surface area contributed by atoms with Crippen molar-refractivity contribution >= 4 is 0 Å². The van der Waals surface area contributed by atoms with E-state index in [1.807, 2.05) is 0 Å². The average molecular weight is 243 g/mol. The van der Waals surface area contributed by atoms with E-state index in [0.29, 0.717) is 24.7 Å². The molecule has 0 N–H and O–H groups in total. The second-order valence-electron chi connectivity index (χ2n) is 4.60. The van der Waals surface area contributed by atoms with E-state index in [1.54, 1.807) is 6.07 Å². The molecule has 1 aliphatic heterocycles. The molecule has 1 unspecified atom stereocenters. The Balaban J connectivity index is 2.32. The molecular weight excluding hydrogens is 227 g/mol. The third-order valence-electron chi connectivity index (χ3n) is 3.53. The van der Waals surface area contributed by atoms with Crippen molar-refractivity contribution in [2.75, 3.05) is 0 Å². The van der Waals surface area contributed by atoms with Gasteiger partial charge < -0.3 is 0 Å². The van der Waals surface area contributed by atoms with Gasteiger partial charge in [-0.15, -0.1) is 0 Å². The lowest BCUT2D eigenvalue weighted by molar-refractivity contribution is -0.138. The monoisotopic (exact) mass is 243 g/mol. The van der Waals surface area contributed by atoms with E-state index < -0.39 is 11.7 Å². The van der Waals surface area contributed by atoms with Crippen LogP contribution in [0.5, 0.6) is 0 Å². The lowest BCUT2D eigenvalue weighted by atomic mass is 10.0. The summed E-state index contributed by atoms with van der Waals surface area (Å²) in [5.41, 5.74) is 0.807. The fourth-order valence-electron chi connectivity index (χ4n) is 2.28. The molecule has 1 heterocycles. The van der Waals surface area contributed by atoms with Crippen molar-refractivity contribution < 1.29 is 13.2 Å². The minimum atomic E-state index is -4.24.